The van der Waals surface area contributed by atoms with E-state index in [4.69, 9.17) is 11.6 Å². The lowest BCUT2D eigenvalue weighted by Crippen LogP contribution is -2.30. The van der Waals surface area contributed by atoms with E-state index in [0.717, 1.165) is 26.1 Å². The number of carbonyl (C=O) groups excluding carboxylic acids is 3. The van der Waals surface area contributed by atoms with Crippen LogP contribution in [0.25, 0.3) is 6.08 Å². The van der Waals surface area contributed by atoms with Crippen LogP contribution in [0.1, 0.15) is 32.3 Å². The predicted molar refractivity (Wildman–Crippen MR) is 191 cm³/mol. The van der Waals surface area contributed by atoms with Gasteiger partial charge >= 0.3 is 0 Å². The normalized spacial score (nSPS) is 11.8. The molecular formula is C37H29BrClN3O3S. The van der Waals surface area contributed by atoms with E-state index in [1.54, 1.807) is 60.7 Å². The van der Waals surface area contributed by atoms with Crippen LogP contribution in [0.5, 0.6) is 0 Å². The molecule has 3 N–H and O–H groups in total. The largest absolute Gasteiger partial charge is 0.325 e. The van der Waals surface area contributed by atoms with Gasteiger partial charge in [0.1, 0.15) is 10.9 Å². The highest BCUT2D eigenvalue weighted by Gasteiger charge is 2.23. The summed E-state index contributed by atoms with van der Waals surface area (Å²) in [6.45, 7) is 1.91. The van der Waals surface area contributed by atoms with Crippen molar-refractivity contribution in [3.63, 3.8) is 0 Å². The number of hydrogen-bond acceptors (Lipinski definition) is 4. The monoisotopic (exact) mass is 709 g/mol. The molecule has 0 aliphatic heterocycles. The number of carbonyl (C=O) groups is 3. The van der Waals surface area contributed by atoms with Crippen LogP contribution in [0.15, 0.2) is 142 Å². The molecule has 0 fully saturated rings. The smallest absolute Gasteiger partial charge is 0.272 e. The molecule has 5 aromatic carbocycles. The third-order valence-electron chi connectivity index (χ3n) is 6.85. The third-order valence-corrected chi connectivity index (χ3v) is 8.87. The number of aryl methyl sites for hydroxylation is 1. The lowest BCUT2D eigenvalue weighted by molar-refractivity contribution is -0.116. The minimum Gasteiger partial charge on any atom is -0.325 e. The van der Waals surface area contributed by atoms with Crippen molar-refractivity contribution in [1.82, 2.24) is 5.32 Å². The number of nitrogens with one attached hydrogen (secondary N) is 3. The zero-order valence-electron chi connectivity index (χ0n) is 24.7. The molecule has 0 saturated heterocycles. The van der Waals surface area contributed by atoms with Gasteiger partial charge in [-0.15, -0.1) is 11.8 Å². The van der Waals surface area contributed by atoms with Crippen LogP contribution in [0, 0.1) is 6.92 Å². The maximum atomic E-state index is 13.7. The standard InChI is InChI=1S/C37H29BrClN3O3S/c1-24-15-20-29(39)22-32(24)41-37(45)34(26-9-4-2-5-10-26)46-31-14-8-13-30(23-31)40-36(44)33(21-25-16-18-28(38)19-17-25)42-35(43)27-11-6-3-7-12-27/h2-23,34H,1H3,(H,40,44)(H,41,45)(H,42,43)/b33-21+. The number of amides is 3. The van der Waals surface area contributed by atoms with Gasteiger partial charge in [-0.2, -0.15) is 0 Å². The summed E-state index contributed by atoms with van der Waals surface area (Å²) in [5.41, 5.74) is 4.10. The first-order valence-electron chi connectivity index (χ1n) is 14.3. The Hall–Kier alpha value is -4.63. The van der Waals surface area contributed by atoms with Crippen LogP contribution in [0.4, 0.5) is 11.4 Å². The van der Waals surface area contributed by atoms with Crippen molar-refractivity contribution >= 4 is 74.5 Å². The van der Waals surface area contributed by atoms with E-state index in [1.807, 2.05) is 79.7 Å². The first-order chi connectivity index (χ1) is 22.2. The van der Waals surface area contributed by atoms with Crippen molar-refractivity contribution in [3.05, 3.63) is 165 Å². The van der Waals surface area contributed by atoms with Crippen LogP contribution in [0.3, 0.4) is 0 Å². The molecule has 6 nitrogen and oxygen atoms in total. The van der Waals surface area contributed by atoms with Gasteiger partial charge in [0.15, 0.2) is 0 Å². The maximum absolute atomic E-state index is 13.7. The fraction of sp³-hybridized carbons (Fsp3) is 0.0541. The molecule has 1 atom stereocenters. The lowest BCUT2D eigenvalue weighted by atomic mass is 10.1. The van der Waals surface area contributed by atoms with E-state index >= 15 is 0 Å². The Bertz CT molecular complexity index is 1880. The van der Waals surface area contributed by atoms with Gasteiger partial charge in [-0.25, -0.2) is 0 Å². The van der Waals surface area contributed by atoms with E-state index in [9.17, 15) is 14.4 Å². The van der Waals surface area contributed by atoms with Gasteiger partial charge in [-0.3, -0.25) is 14.4 Å². The first kappa shape index (κ1) is 32.8. The summed E-state index contributed by atoms with van der Waals surface area (Å²) >= 11 is 11.0. The van der Waals surface area contributed by atoms with Crippen molar-refractivity contribution in [1.29, 1.82) is 0 Å². The predicted octanol–water partition coefficient (Wildman–Crippen LogP) is 9.29. The molecule has 5 rings (SSSR count). The molecule has 230 valence electrons. The minimum absolute atomic E-state index is 0.0765. The number of halogens is 2. The Kier molecular flexibility index (Phi) is 11.1. The fourth-order valence-electron chi connectivity index (χ4n) is 4.48. The Balaban J connectivity index is 1.38. The van der Waals surface area contributed by atoms with Gasteiger partial charge in [-0.1, -0.05) is 100 Å². The van der Waals surface area contributed by atoms with Crippen LogP contribution in [0.2, 0.25) is 5.02 Å². The van der Waals surface area contributed by atoms with E-state index in [0.29, 0.717) is 22.0 Å². The molecule has 3 amide bonds. The molecule has 0 spiro atoms. The summed E-state index contributed by atoms with van der Waals surface area (Å²) < 4.78 is 0.892. The Morgan fingerprint density at radius 2 is 1.48 bits per heavy atom. The quantitative estimate of drug-likeness (QED) is 0.0996. The average molecular weight is 711 g/mol. The summed E-state index contributed by atoms with van der Waals surface area (Å²) in [4.78, 5) is 41.0. The van der Waals surface area contributed by atoms with Gasteiger partial charge in [-0.05, 0) is 84.3 Å². The summed E-state index contributed by atoms with van der Waals surface area (Å²) in [5.74, 6) is -1.11. The molecule has 0 aromatic heterocycles. The molecular weight excluding hydrogens is 682 g/mol. The van der Waals surface area contributed by atoms with Gasteiger partial charge in [0, 0.05) is 31.3 Å². The Morgan fingerprint density at radius 1 is 0.783 bits per heavy atom. The van der Waals surface area contributed by atoms with Crippen LogP contribution in [-0.2, 0) is 9.59 Å². The Labute approximate surface area is 285 Å². The zero-order chi connectivity index (χ0) is 32.5. The van der Waals surface area contributed by atoms with Crippen LogP contribution in [-0.4, -0.2) is 17.7 Å². The van der Waals surface area contributed by atoms with Crippen molar-refractivity contribution in [2.75, 3.05) is 10.6 Å². The highest BCUT2D eigenvalue weighted by Crippen LogP contribution is 2.37. The fourth-order valence-corrected chi connectivity index (χ4v) is 6.00. The van der Waals surface area contributed by atoms with Crippen molar-refractivity contribution < 1.29 is 14.4 Å². The van der Waals surface area contributed by atoms with Crippen LogP contribution < -0.4 is 16.0 Å². The second-order valence-corrected chi connectivity index (χ2v) is 12.8. The second kappa shape index (κ2) is 15.6. The topological polar surface area (TPSA) is 87.3 Å². The number of thioether (sulfide) groups is 1. The number of anilines is 2. The number of hydrogen-bond donors (Lipinski definition) is 3. The van der Waals surface area contributed by atoms with Gasteiger partial charge < -0.3 is 16.0 Å². The number of benzene rings is 5. The van der Waals surface area contributed by atoms with Crippen molar-refractivity contribution in [2.45, 2.75) is 17.1 Å². The molecule has 0 radical (unpaired) electrons. The molecule has 0 saturated carbocycles. The maximum Gasteiger partial charge on any atom is 0.272 e. The van der Waals surface area contributed by atoms with Gasteiger partial charge in [0.25, 0.3) is 11.8 Å². The molecule has 1 unspecified atom stereocenters. The third kappa shape index (κ3) is 8.97. The molecule has 9 heteroatoms. The van der Waals surface area contributed by atoms with E-state index in [1.165, 1.54) is 11.8 Å². The minimum atomic E-state index is -0.594. The van der Waals surface area contributed by atoms with E-state index in [2.05, 4.69) is 31.9 Å². The van der Waals surface area contributed by atoms with Crippen LogP contribution >= 0.6 is 39.3 Å². The van der Waals surface area contributed by atoms with Crippen molar-refractivity contribution in [3.8, 4) is 0 Å². The second-order valence-electron chi connectivity index (χ2n) is 10.3. The Morgan fingerprint density at radius 3 is 2.20 bits per heavy atom. The summed E-state index contributed by atoms with van der Waals surface area (Å²) in [6.07, 6.45) is 1.62. The molecule has 5 aromatic rings. The first-order valence-corrected chi connectivity index (χ1v) is 16.3. The lowest BCUT2D eigenvalue weighted by Gasteiger charge is -2.19. The van der Waals surface area contributed by atoms with Crippen molar-refractivity contribution in [2.24, 2.45) is 0 Å². The van der Waals surface area contributed by atoms with Gasteiger partial charge in [0.05, 0.1) is 0 Å². The number of rotatable bonds is 10. The molecule has 0 heterocycles. The summed E-state index contributed by atoms with van der Waals surface area (Å²) in [5, 5.41) is 8.63. The zero-order valence-corrected chi connectivity index (χ0v) is 27.8. The molecule has 46 heavy (non-hydrogen) atoms. The highest BCUT2D eigenvalue weighted by molar-refractivity contribution is 9.10. The van der Waals surface area contributed by atoms with E-state index < -0.39 is 17.1 Å². The molecule has 0 aliphatic carbocycles. The van der Waals surface area contributed by atoms with Gasteiger partial charge in [0.2, 0.25) is 5.91 Å². The van der Waals surface area contributed by atoms with E-state index in [-0.39, 0.29) is 11.6 Å². The average Bonchev–Trinajstić information content (AvgIpc) is 3.07. The highest BCUT2D eigenvalue weighted by atomic mass is 79.9. The molecule has 0 bridgehead atoms. The summed E-state index contributed by atoms with van der Waals surface area (Å²) in [6, 6.07) is 38.2. The molecule has 0 aliphatic rings. The summed E-state index contributed by atoms with van der Waals surface area (Å²) in [7, 11) is 0. The SMILES string of the molecule is Cc1ccc(Cl)cc1NC(=O)C(Sc1cccc(NC(=O)/C(=C\c2ccc(Br)cc2)NC(=O)c2ccccc2)c1)c1ccccc1.